The molecule has 34 heavy (non-hydrogen) atoms. The second-order valence-electron chi connectivity index (χ2n) is 9.27. The number of aromatic amines is 1. The summed E-state index contributed by atoms with van der Waals surface area (Å²) < 4.78 is 15.1. The number of rotatable bonds is 5. The molecule has 3 heterocycles. The molecule has 0 saturated carbocycles. The van der Waals surface area contributed by atoms with Gasteiger partial charge < -0.3 is 4.98 Å². The minimum atomic E-state index is -0.373. The number of hydrogen-bond donors (Lipinski definition) is 1. The molecule has 4 aromatic rings. The van der Waals surface area contributed by atoms with Gasteiger partial charge in [0.05, 0.1) is 12.1 Å². The number of H-pyrrole nitrogens is 1. The van der Waals surface area contributed by atoms with Crippen LogP contribution >= 0.6 is 0 Å². The Kier molecular flexibility index (Phi) is 6.24. The molecule has 0 radical (unpaired) electrons. The minimum absolute atomic E-state index is 0.120. The molecule has 1 saturated heterocycles. The van der Waals surface area contributed by atoms with Crippen molar-refractivity contribution in [2.24, 2.45) is 0 Å². The standard InChI is InChI=1S/C26H29FN6O/c1-17-13-18(2)23-20(14-17)15-22(26(34)28-23)24(32-11-5-3-4-6-12-32)25-29-30-31-33(25)16-19-7-9-21(27)10-8-19/h7-10,13-15,24H,3-6,11-12,16H2,1-2H3,(H,28,34). The van der Waals surface area contributed by atoms with Crippen molar-refractivity contribution in [3.05, 3.63) is 86.7 Å². The third-order valence-electron chi connectivity index (χ3n) is 6.67. The molecule has 1 unspecified atom stereocenters. The van der Waals surface area contributed by atoms with Crippen LogP contribution in [0.25, 0.3) is 10.9 Å². The molecule has 1 aliphatic heterocycles. The lowest BCUT2D eigenvalue weighted by atomic mass is 10.0. The molecule has 5 rings (SSSR count). The summed E-state index contributed by atoms with van der Waals surface area (Å²) in [4.78, 5) is 18.9. The van der Waals surface area contributed by atoms with Gasteiger partial charge >= 0.3 is 0 Å². The van der Waals surface area contributed by atoms with E-state index >= 15 is 0 Å². The quantitative estimate of drug-likeness (QED) is 0.481. The Morgan fingerprint density at radius 3 is 2.50 bits per heavy atom. The van der Waals surface area contributed by atoms with E-state index < -0.39 is 0 Å². The number of fused-ring (bicyclic) bond motifs is 1. The average molecular weight is 461 g/mol. The van der Waals surface area contributed by atoms with E-state index in [2.05, 4.69) is 44.5 Å². The Labute approximate surface area is 197 Å². The van der Waals surface area contributed by atoms with Gasteiger partial charge in [0.25, 0.3) is 5.56 Å². The number of halogens is 1. The van der Waals surface area contributed by atoms with Crippen LogP contribution in [-0.2, 0) is 6.54 Å². The zero-order valence-electron chi connectivity index (χ0n) is 19.6. The zero-order valence-corrected chi connectivity index (χ0v) is 19.6. The van der Waals surface area contributed by atoms with Crippen LogP contribution < -0.4 is 5.56 Å². The number of aromatic nitrogens is 5. The van der Waals surface area contributed by atoms with E-state index in [0.717, 1.165) is 53.5 Å². The molecule has 0 spiro atoms. The van der Waals surface area contributed by atoms with Crippen LogP contribution in [-0.4, -0.2) is 43.2 Å². The molecular weight excluding hydrogens is 431 g/mol. The first-order chi connectivity index (χ1) is 16.5. The number of tetrazole rings is 1. The molecule has 0 aliphatic carbocycles. The molecule has 8 heteroatoms. The highest BCUT2D eigenvalue weighted by atomic mass is 19.1. The highest BCUT2D eigenvalue weighted by molar-refractivity contribution is 5.83. The summed E-state index contributed by atoms with van der Waals surface area (Å²) in [6.07, 6.45) is 4.49. The second-order valence-corrected chi connectivity index (χ2v) is 9.27. The first kappa shape index (κ1) is 22.4. The van der Waals surface area contributed by atoms with Crippen LogP contribution in [0.1, 0.15) is 59.8 Å². The van der Waals surface area contributed by atoms with E-state index in [-0.39, 0.29) is 17.4 Å². The lowest BCUT2D eigenvalue weighted by Gasteiger charge is -2.29. The van der Waals surface area contributed by atoms with Crippen molar-refractivity contribution in [2.45, 2.75) is 52.1 Å². The Hall–Kier alpha value is -3.39. The van der Waals surface area contributed by atoms with Crippen molar-refractivity contribution >= 4 is 10.9 Å². The van der Waals surface area contributed by atoms with Crippen LogP contribution in [0.3, 0.4) is 0 Å². The molecule has 1 aliphatic rings. The van der Waals surface area contributed by atoms with Gasteiger partial charge in [0.1, 0.15) is 11.9 Å². The van der Waals surface area contributed by atoms with Gasteiger partial charge in [-0.1, -0.05) is 36.6 Å². The third-order valence-corrected chi connectivity index (χ3v) is 6.67. The number of benzene rings is 2. The maximum atomic E-state index is 13.4. The summed E-state index contributed by atoms with van der Waals surface area (Å²) in [5.74, 6) is 0.344. The molecule has 0 amide bonds. The number of pyridine rings is 1. The van der Waals surface area contributed by atoms with E-state index in [9.17, 15) is 9.18 Å². The highest BCUT2D eigenvalue weighted by Gasteiger charge is 2.31. The zero-order chi connectivity index (χ0) is 23.7. The van der Waals surface area contributed by atoms with Crippen molar-refractivity contribution in [3.63, 3.8) is 0 Å². The van der Waals surface area contributed by atoms with Crippen LogP contribution in [0.5, 0.6) is 0 Å². The lowest BCUT2D eigenvalue weighted by Crippen LogP contribution is -2.36. The fraction of sp³-hybridized carbons (Fsp3) is 0.385. The number of nitrogens with zero attached hydrogens (tertiary/aromatic N) is 5. The topological polar surface area (TPSA) is 79.7 Å². The predicted octanol–water partition coefficient (Wildman–Crippen LogP) is 4.28. The average Bonchev–Trinajstić information content (AvgIpc) is 3.08. The Morgan fingerprint density at radius 1 is 1.03 bits per heavy atom. The monoisotopic (exact) mass is 460 g/mol. The van der Waals surface area contributed by atoms with Crippen LogP contribution in [0, 0.1) is 19.7 Å². The van der Waals surface area contributed by atoms with E-state index in [4.69, 9.17) is 0 Å². The maximum Gasteiger partial charge on any atom is 0.253 e. The molecule has 1 atom stereocenters. The molecule has 1 fully saturated rings. The Balaban J connectivity index is 1.63. The van der Waals surface area contributed by atoms with Gasteiger partial charge in [-0.3, -0.25) is 9.69 Å². The third kappa shape index (κ3) is 4.50. The number of hydrogen-bond acceptors (Lipinski definition) is 5. The largest absolute Gasteiger partial charge is 0.321 e. The van der Waals surface area contributed by atoms with Gasteiger partial charge in [0, 0.05) is 5.56 Å². The SMILES string of the molecule is Cc1cc(C)c2[nH]c(=O)c(C(c3nnnn3Cc3ccc(F)cc3)N3CCCCCC3)cc2c1. The molecule has 2 aromatic carbocycles. The summed E-state index contributed by atoms with van der Waals surface area (Å²) in [5, 5.41) is 13.6. The summed E-state index contributed by atoms with van der Waals surface area (Å²) >= 11 is 0. The molecule has 2 aromatic heterocycles. The van der Waals surface area contributed by atoms with Crippen molar-refractivity contribution in [1.82, 2.24) is 30.1 Å². The normalized spacial score (nSPS) is 16.0. The van der Waals surface area contributed by atoms with Gasteiger partial charge in [0.15, 0.2) is 5.82 Å². The van der Waals surface area contributed by atoms with Crippen molar-refractivity contribution in [3.8, 4) is 0 Å². The summed E-state index contributed by atoms with van der Waals surface area (Å²) in [7, 11) is 0. The van der Waals surface area contributed by atoms with Gasteiger partial charge in [-0.15, -0.1) is 5.10 Å². The lowest BCUT2D eigenvalue weighted by molar-refractivity contribution is 0.220. The smallest absolute Gasteiger partial charge is 0.253 e. The predicted molar refractivity (Wildman–Crippen MR) is 129 cm³/mol. The summed E-state index contributed by atoms with van der Waals surface area (Å²) in [6.45, 7) is 6.22. The van der Waals surface area contributed by atoms with Gasteiger partial charge in [-0.2, -0.15) is 0 Å². The first-order valence-electron chi connectivity index (χ1n) is 11.9. The minimum Gasteiger partial charge on any atom is -0.321 e. The van der Waals surface area contributed by atoms with Crippen LogP contribution in [0.4, 0.5) is 4.39 Å². The molecule has 0 bridgehead atoms. The van der Waals surface area contributed by atoms with E-state index in [1.807, 2.05) is 13.0 Å². The van der Waals surface area contributed by atoms with Crippen molar-refractivity contribution < 1.29 is 4.39 Å². The molecule has 1 N–H and O–H groups in total. The van der Waals surface area contributed by atoms with E-state index in [1.54, 1.807) is 16.8 Å². The van der Waals surface area contributed by atoms with Crippen molar-refractivity contribution in [2.75, 3.05) is 13.1 Å². The first-order valence-corrected chi connectivity index (χ1v) is 11.9. The maximum absolute atomic E-state index is 13.4. The fourth-order valence-corrected chi connectivity index (χ4v) is 5.04. The second kappa shape index (κ2) is 9.46. The van der Waals surface area contributed by atoms with E-state index in [0.29, 0.717) is 17.9 Å². The number of likely N-dealkylation sites (tertiary alicyclic amines) is 1. The molecule has 176 valence electrons. The highest BCUT2D eigenvalue weighted by Crippen LogP contribution is 2.30. The number of aryl methyl sites for hydroxylation is 2. The van der Waals surface area contributed by atoms with Gasteiger partial charge in [0.2, 0.25) is 0 Å². The Morgan fingerprint density at radius 2 is 1.76 bits per heavy atom. The fourth-order valence-electron chi connectivity index (χ4n) is 5.04. The molecule has 7 nitrogen and oxygen atoms in total. The van der Waals surface area contributed by atoms with Gasteiger partial charge in [-0.05, 0) is 91.0 Å². The van der Waals surface area contributed by atoms with Crippen LogP contribution in [0.2, 0.25) is 0 Å². The number of nitrogens with one attached hydrogen (secondary N) is 1. The van der Waals surface area contributed by atoms with E-state index in [1.165, 1.54) is 25.0 Å². The van der Waals surface area contributed by atoms with Gasteiger partial charge in [-0.25, -0.2) is 9.07 Å². The Bertz CT molecular complexity index is 1350. The summed E-state index contributed by atoms with van der Waals surface area (Å²) in [6, 6.07) is 12.1. The van der Waals surface area contributed by atoms with Crippen LogP contribution in [0.15, 0.2) is 47.3 Å². The van der Waals surface area contributed by atoms with Crippen molar-refractivity contribution in [1.29, 1.82) is 0 Å². The summed E-state index contributed by atoms with van der Waals surface area (Å²) in [5.41, 5.74) is 4.48. The molecular formula is C26H29FN6O.